The normalized spacial score (nSPS) is 11.2. The van der Waals surface area contributed by atoms with Gasteiger partial charge in [-0.25, -0.2) is 0 Å². The Kier molecular flexibility index (Phi) is 15.2. The summed E-state index contributed by atoms with van der Waals surface area (Å²) in [7, 11) is 0. The van der Waals surface area contributed by atoms with Crippen LogP contribution in [0.5, 0.6) is 0 Å². The van der Waals surface area contributed by atoms with Gasteiger partial charge in [0.05, 0.1) is 0 Å². The lowest BCUT2D eigenvalue weighted by Gasteiger charge is -2.13. The average Bonchev–Trinajstić information content (AvgIpc) is 2.67. The maximum Gasteiger partial charge on any atom is 0.0206 e. The molecule has 0 unspecified atom stereocenters. The summed E-state index contributed by atoms with van der Waals surface area (Å²) in [6.45, 7) is 18.3. The molecule has 1 aromatic rings. The van der Waals surface area contributed by atoms with Crippen LogP contribution in [0.2, 0.25) is 0 Å². The van der Waals surface area contributed by atoms with Crippen molar-refractivity contribution in [3.05, 3.63) is 34.9 Å². The minimum absolute atomic E-state index is 0.918. The molecule has 0 aliphatic heterocycles. The van der Waals surface area contributed by atoms with E-state index in [-0.39, 0.29) is 0 Å². The summed E-state index contributed by atoms with van der Waals surface area (Å²) >= 11 is 0. The molecule has 6 heteroatoms. The lowest BCUT2D eigenvalue weighted by atomic mass is 10.0. The molecular formula is C21H42N6. The van der Waals surface area contributed by atoms with Crippen molar-refractivity contribution in [2.45, 2.75) is 40.4 Å². The Bertz CT molecular complexity index is 387. The fourth-order valence-corrected chi connectivity index (χ4v) is 2.90. The average molecular weight is 379 g/mol. The van der Waals surface area contributed by atoms with Gasteiger partial charge in [-0.05, 0) is 36.3 Å². The van der Waals surface area contributed by atoms with Gasteiger partial charge in [0.15, 0.2) is 0 Å². The van der Waals surface area contributed by atoms with Crippen LogP contribution in [0.4, 0.5) is 0 Å². The van der Waals surface area contributed by atoms with Crippen molar-refractivity contribution in [2.24, 2.45) is 0 Å². The predicted octanol–water partition coefficient (Wildman–Crippen LogP) is 0.784. The van der Waals surface area contributed by atoms with Crippen LogP contribution < -0.4 is 31.9 Å². The minimum atomic E-state index is 0.918. The summed E-state index contributed by atoms with van der Waals surface area (Å²) in [6, 6.07) is 6.97. The van der Waals surface area contributed by atoms with E-state index in [9.17, 15) is 0 Å². The van der Waals surface area contributed by atoms with E-state index >= 15 is 0 Å². The second-order valence-corrected chi connectivity index (χ2v) is 6.75. The summed E-state index contributed by atoms with van der Waals surface area (Å²) in [5.74, 6) is 0. The third-order valence-electron chi connectivity index (χ3n) is 4.29. The number of hydrogen-bond donors (Lipinski definition) is 6. The maximum atomic E-state index is 3.54. The van der Waals surface area contributed by atoms with E-state index in [0.717, 1.165) is 78.5 Å². The van der Waals surface area contributed by atoms with E-state index in [1.807, 2.05) is 0 Å². The monoisotopic (exact) mass is 378 g/mol. The lowest BCUT2D eigenvalue weighted by Crippen LogP contribution is -2.28. The highest BCUT2D eigenvalue weighted by atomic mass is 14.9. The van der Waals surface area contributed by atoms with Gasteiger partial charge in [0.25, 0.3) is 0 Å². The molecule has 0 radical (unpaired) electrons. The molecule has 0 heterocycles. The van der Waals surface area contributed by atoms with Crippen LogP contribution in [0.1, 0.15) is 37.5 Å². The molecule has 6 N–H and O–H groups in total. The number of rotatable bonds is 18. The Morgan fingerprint density at radius 1 is 0.444 bits per heavy atom. The molecule has 0 saturated heterocycles. The molecular weight excluding hydrogens is 336 g/mol. The zero-order chi connectivity index (χ0) is 19.6. The quantitative estimate of drug-likeness (QED) is 0.212. The van der Waals surface area contributed by atoms with E-state index < -0.39 is 0 Å². The highest BCUT2D eigenvalue weighted by Crippen LogP contribution is 2.11. The molecule has 0 aliphatic carbocycles. The zero-order valence-corrected chi connectivity index (χ0v) is 17.7. The Labute approximate surface area is 166 Å². The van der Waals surface area contributed by atoms with E-state index in [2.05, 4.69) is 70.9 Å². The molecule has 0 spiro atoms. The molecule has 156 valence electrons. The summed E-state index contributed by atoms with van der Waals surface area (Å²) in [6.07, 6.45) is 0. The van der Waals surface area contributed by atoms with Gasteiger partial charge in [0.2, 0.25) is 0 Å². The highest BCUT2D eigenvalue weighted by molar-refractivity contribution is 5.30. The number of benzene rings is 1. The summed E-state index contributed by atoms with van der Waals surface area (Å²) in [5, 5.41) is 20.7. The van der Waals surface area contributed by atoms with Crippen LogP contribution in [0, 0.1) is 0 Å². The van der Waals surface area contributed by atoms with E-state index in [4.69, 9.17) is 0 Å². The molecule has 0 atom stereocenters. The molecule has 27 heavy (non-hydrogen) atoms. The van der Waals surface area contributed by atoms with Gasteiger partial charge in [-0.1, -0.05) is 39.0 Å². The zero-order valence-electron chi connectivity index (χ0n) is 17.7. The number of hydrogen-bond acceptors (Lipinski definition) is 6. The third kappa shape index (κ3) is 12.9. The Morgan fingerprint density at radius 3 is 0.963 bits per heavy atom. The van der Waals surface area contributed by atoms with Crippen molar-refractivity contribution in [1.29, 1.82) is 0 Å². The minimum Gasteiger partial charge on any atom is -0.316 e. The first-order chi connectivity index (χ1) is 13.3. The van der Waals surface area contributed by atoms with Gasteiger partial charge < -0.3 is 31.9 Å². The van der Waals surface area contributed by atoms with Crippen LogP contribution in [0.25, 0.3) is 0 Å². The van der Waals surface area contributed by atoms with E-state index in [1.54, 1.807) is 0 Å². The summed E-state index contributed by atoms with van der Waals surface area (Å²) in [4.78, 5) is 0. The van der Waals surface area contributed by atoms with Crippen LogP contribution in [0.3, 0.4) is 0 Å². The van der Waals surface area contributed by atoms with Crippen molar-refractivity contribution in [3.63, 3.8) is 0 Å². The van der Waals surface area contributed by atoms with Gasteiger partial charge in [-0.15, -0.1) is 0 Å². The molecule has 0 amide bonds. The highest BCUT2D eigenvalue weighted by Gasteiger charge is 2.02. The van der Waals surface area contributed by atoms with Gasteiger partial charge in [-0.3, -0.25) is 0 Å². The summed E-state index contributed by atoms with van der Waals surface area (Å²) in [5.41, 5.74) is 4.09. The van der Waals surface area contributed by atoms with Crippen LogP contribution in [-0.4, -0.2) is 58.9 Å². The van der Waals surface area contributed by atoms with Gasteiger partial charge in [0.1, 0.15) is 0 Å². The Hall–Kier alpha value is -1.02. The van der Waals surface area contributed by atoms with Gasteiger partial charge in [-0.2, -0.15) is 0 Å². The molecule has 0 aliphatic rings. The Balaban J connectivity index is 2.52. The molecule has 6 nitrogen and oxygen atoms in total. The number of likely N-dealkylation sites (N-methyl/N-ethyl adjacent to an activating group) is 3. The van der Waals surface area contributed by atoms with Crippen molar-refractivity contribution in [3.8, 4) is 0 Å². The van der Waals surface area contributed by atoms with Crippen molar-refractivity contribution in [1.82, 2.24) is 31.9 Å². The SMILES string of the molecule is CCNCCNCc1cc(CNCCNCC)cc(CNCCNCC)c1. The first-order valence-corrected chi connectivity index (χ1v) is 10.7. The topological polar surface area (TPSA) is 72.2 Å². The molecule has 0 saturated carbocycles. The smallest absolute Gasteiger partial charge is 0.0206 e. The predicted molar refractivity (Wildman–Crippen MR) is 117 cm³/mol. The first-order valence-electron chi connectivity index (χ1n) is 10.7. The maximum absolute atomic E-state index is 3.54. The fourth-order valence-electron chi connectivity index (χ4n) is 2.90. The molecule has 1 aromatic carbocycles. The molecule has 1 rings (SSSR count). The van der Waals surface area contributed by atoms with Crippen molar-refractivity contribution in [2.75, 3.05) is 58.9 Å². The largest absolute Gasteiger partial charge is 0.316 e. The van der Waals surface area contributed by atoms with Gasteiger partial charge >= 0.3 is 0 Å². The Morgan fingerprint density at radius 2 is 0.704 bits per heavy atom. The van der Waals surface area contributed by atoms with Crippen molar-refractivity contribution < 1.29 is 0 Å². The standard InChI is InChI=1S/C21H42N6/c1-4-22-7-10-25-16-19-13-20(17-26-11-8-23-5-2)15-21(14-19)18-27-12-9-24-6-3/h13-15,22-27H,4-12,16-18H2,1-3H3. The molecule has 0 aromatic heterocycles. The second-order valence-electron chi connectivity index (χ2n) is 6.75. The third-order valence-corrected chi connectivity index (χ3v) is 4.29. The lowest BCUT2D eigenvalue weighted by molar-refractivity contribution is 0.613. The van der Waals surface area contributed by atoms with Crippen LogP contribution in [-0.2, 0) is 19.6 Å². The van der Waals surface area contributed by atoms with Gasteiger partial charge in [0, 0.05) is 58.9 Å². The van der Waals surface area contributed by atoms with Crippen molar-refractivity contribution >= 4 is 0 Å². The van der Waals surface area contributed by atoms with Crippen LogP contribution in [0.15, 0.2) is 18.2 Å². The second kappa shape index (κ2) is 17.1. The van der Waals surface area contributed by atoms with E-state index in [1.165, 1.54) is 16.7 Å². The molecule has 0 fully saturated rings. The fraction of sp³-hybridized carbons (Fsp3) is 0.714. The first kappa shape index (κ1) is 24.0. The van der Waals surface area contributed by atoms with Crippen LogP contribution >= 0.6 is 0 Å². The number of nitrogens with one attached hydrogen (secondary N) is 6. The van der Waals surface area contributed by atoms with E-state index in [0.29, 0.717) is 0 Å². The molecule has 0 bridgehead atoms. The summed E-state index contributed by atoms with van der Waals surface area (Å²) < 4.78 is 0.